The number of carbonyl (C=O) groups is 1. The maximum Gasteiger partial charge on any atom is 0.147 e. The van der Waals surface area contributed by atoms with Gasteiger partial charge in [-0.2, -0.15) is 0 Å². The van der Waals surface area contributed by atoms with E-state index in [2.05, 4.69) is 0 Å². The van der Waals surface area contributed by atoms with Gasteiger partial charge in [0.15, 0.2) is 0 Å². The van der Waals surface area contributed by atoms with Gasteiger partial charge in [0.1, 0.15) is 16.1 Å². The highest BCUT2D eigenvalue weighted by atomic mass is 32.2. The third kappa shape index (κ3) is 27000. The molecule has 0 aromatic heterocycles. The molecular weight excluding hydrogens is 926 g/mol. The van der Waals surface area contributed by atoms with Crippen LogP contribution < -0.4 is 0 Å². The fourth-order valence-electron chi connectivity index (χ4n) is 0. The molecule has 0 rings (SSSR count). The van der Waals surface area contributed by atoms with Crippen LogP contribution in [0.4, 0.5) is 0 Å². The van der Waals surface area contributed by atoms with Crippen molar-refractivity contribution in [3.8, 4) is 0 Å². The van der Waals surface area contributed by atoms with Crippen LogP contribution in [0.25, 0.3) is 0 Å². The SMILES string of the molecule is C.C.C.C.C.C.CC.CC.CC.CC.CC.CC.CC.CC.CC.CC.CC.CC.CC.CC.CC.CC.CC.CC.CC.CC.CC.CC.CC.CC.CC.CC=CC.CC=O.CCS(C)(=O)=O.[B].[B].[B].[B].[B].[B]. The maximum absolute atomic E-state index is 10.0. The molecule has 0 saturated carbocycles. The van der Waals surface area contributed by atoms with E-state index in [-0.39, 0.29) is 101 Å². The van der Waals surface area contributed by atoms with Gasteiger partial charge in [0, 0.05) is 62.5 Å². The van der Waals surface area contributed by atoms with Crippen LogP contribution in [0.2, 0.25) is 0 Å². The van der Waals surface area contributed by atoms with Crippen LogP contribution in [0.1, 0.15) is 418 Å². The van der Waals surface area contributed by atoms with E-state index < -0.39 is 9.84 Å². The molecule has 0 aromatic carbocycles. The molecule has 75 heavy (non-hydrogen) atoms. The van der Waals surface area contributed by atoms with Crippen molar-refractivity contribution >= 4 is 66.6 Å². The number of allylic oxidation sites excluding steroid dienone is 2. The average molecular weight is 1120 g/mol. The molecule has 0 atom stereocenters. The number of aldehydes is 1. The fourth-order valence-corrected chi connectivity index (χ4v) is 0. The first-order valence-electron chi connectivity index (χ1n) is 29.0. The van der Waals surface area contributed by atoms with Crippen LogP contribution in [-0.4, -0.2) is 77.2 Å². The second-order valence-corrected chi connectivity index (χ2v) is 4.55. The Morgan fingerprint density at radius 3 is 0.253 bits per heavy atom. The summed E-state index contributed by atoms with van der Waals surface area (Å²) in [6.07, 6.45) is 5.97. The van der Waals surface area contributed by atoms with Crippen molar-refractivity contribution in [1.29, 1.82) is 0 Å². The average Bonchev–Trinajstić information content (AvgIpc) is 3.48. The molecule has 0 spiro atoms. The van der Waals surface area contributed by atoms with Gasteiger partial charge >= 0.3 is 0 Å². The van der Waals surface area contributed by atoms with Crippen LogP contribution in [0.15, 0.2) is 12.2 Å². The van der Waals surface area contributed by atoms with Gasteiger partial charge in [0.05, 0.1) is 0 Å². The minimum absolute atomic E-state index is 0. The molecule has 10 heteroatoms. The van der Waals surface area contributed by atoms with E-state index in [0.29, 0.717) is 0 Å². The fraction of sp³-hybridized carbons (Fsp3) is 0.954. The van der Waals surface area contributed by atoms with Gasteiger partial charge in [-0.15, -0.1) is 0 Å². The van der Waals surface area contributed by atoms with Gasteiger partial charge in [-0.1, -0.05) is 410 Å². The number of hydrogen-bond acceptors (Lipinski definition) is 3. The minimum Gasteiger partial charge on any atom is -0.304 e. The van der Waals surface area contributed by atoms with Crippen molar-refractivity contribution in [2.24, 2.45) is 0 Å². The zero-order valence-electron chi connectivity index (χ0n) is 62.5. The molecular formula is C65H194B6O3S. The Bertz CT molecular complexity index is 240. The summed E-state index contributed by atoms with van der Waals surface area (Å²) in [6.45, 7) is 107. The second kappa shape index (κ2) is 4110. The van der Waals surface area contributed by atoms with Gasteiger partial charge in [0.2, 0.25) is 0 Å². The summed E-state index contributed by atoms with van der Waals surface area (Å²) in [7, 11) is -2.66. The van der Waals surface area contributed by atoms with Crippen molar-refractivity contribution in [3.63, 3.8) is 0 Å². The van der Waals surface area contributed by atoms with Crippen LogP contribution in [0.3, 0.4) is 0 Å². The molecule has 0 N–H and O–H groups in total. The van der Waals surface area contributed by atoms with Gasteiger partial charge in [0.25, 0.3) is 0 Å². The molecule has 496 valence electrons. The van der Waals surface area contributed by atoms with Crippen LogP contribution in [-0.2, 0) is 14.6 Å². The molecule has 0 unspecified atom stereocenters. The van der Waals surface area contributed by atoms with E-state index in [1.807, 2.05) is 372 Å². The van der Waals surface area contributed by atoms with Crippen molar-refractivity contribution in [2.75, 3.05) is 12.0 Å². The molecule has 0 fully saturated rings. The highest BCUT2D eigenvalue weighted by molar-refractivity contribution is 7.90. The summed E-state index contributed by atoms with van der Waals surface area (Å²) in [6, 6.07) is 0. The zero-order valence-corrected chi connectivity index (χ0v) is 63.4. The van der Waals surface area contributed by atoms with E-state index >= 15 is 0 Å². The Balaban J connectivity index is -0.00000000447. The van der Waals surface area contributed by atoms with Gasteiger partial charge in [-0.05, 0) is 20.8 Å². The molecule has 0 aliphatic heterocycles. The zero-order chi connectivity index (χ0) is 61.3. The quantitative estimate of drug-likeness (QED) is 0.149. The largest absolute Gasteiger partial charge is 0.304 e. The Hall–Kier alpha value is -0.250. The second-order valence-electron chi connectivity index (χ2n) is 2.12. The molecule has 0 saturated heterocycles. The first-order chi connectivity index (χ1) is 30.9. The predicted octanol–water partition coefficient (Wildman–Crippen LogP) is 29.0. The molecule has 0 aliphatic carbocycles. The molecule has 0 aromatic rings. The smallest absolute Gasteiger partial charge is 0.147 e. The van der Waals surface area contributed by atoms with E-state index in [4.69, 9.17) is 4.79 Å². The normalized spacial score (nSPS) is 3.61. The van der Waals surface area contributed by atoms with Crippen molar-refractivity contribution in [2.45, 2.75) is 418 Å². The monoisotopic (exact) mass is 1120 g/mol. The summed E-state index contributed by atoms with van der Waals surface area (Å²) < 4.78 is 20.0. The first kappa shape index (κ1) is 337. The lowest BCUT2D eigenvalue weighted by atomic mass is 10.6. The number of rotatable bonds is 1. The van der Waals surface area contributed by atoms with Crippen LogP contribution >= 0.6 is 0 Å². The van der Waals surface area contributed by atoms with Crippen molar-refractivity contribution in [1.82, 2.24) is 0 Å². The van der Waals surface area contributed by atoms with Gasteiger partial charge < -0.3 is 4.79 Å². The minimum atomic E-state index is -2.66. The Kier molecular flexibility index (Phi) is 18400. The van der Waals surface area contributed by atoms with E-state index in [9.17, 15) is 8.42 Å². The summed E-state index contributed by atoms with van der Waals surface area (Å²) in [4.78, 5) is 8.81. The van der Waals surface area contributed by atoms with E-state index in [1.54, 1.807) is 6.92 Å². The number of sulfone groups is 1. The summed E-state index contributed by atoms with van der Waals surface area (Å²) in [5.74, 6) is 0.243. The van der Waals surface area contributed by atoms with E-state index in [1.165, 1.54) is 13.2 Å². The van der Waals surface area contributed by atoms with Gasteiger partial charge in [-0.3, -0.25) is 0 Å². The predicted molar refractivity (Wildman–Crippen MR) is 416 cm³/mol. The maximum atomic E-state index is 10.0. The lowest BCUT2D eigenvalue weighted by Crippen LogP contribution is -1.96. The Labute approximate surface area is 519 Å². The topological polar surface area (TPSA) is 51.2 Å². The molecule has 0 heterocycles. The summed E-state index contributed by atoms with van der Waals surface area (Å²) in [5.41, 5.74) is 0. The third-order valence-electron chi connectivity index (χ3n) is 0.858. The number of hydrogen-bond donors (Lipinski definition) is 0. The molecule has 18 radical (unpaired) electrons. The highest BCUT2D eigenvalue weighted by Gasteiger charge is 1.90. The summed E-state index contributed by atoms with van der Waals surface area (Å²) in [5, 5.41) is 0. The lowest BCUT2D eigenvalue weighted by Gasteiger charge is -1.81. The van der Waals surface area contributed by atoms with Crippen molar-refractivity contribution in [3.05, 3.63) is 12.2 Å². The van der Waals surface area contributed by atoms with Crippen molar-refractivity contribution < 1.29 is 13.2 Å². The number of carbonyl (C=O) groups excluding carboxylic acids is 1. The summed E-state index contributed by atoms with van der Waals surface area (Å²) >= 11 is 0. The Morgan fingerprint density at radius 2 is 0.253 bits per heavy atom. The highest BCUT2D eigenvalue weighted by Crippen LogP contribution is 1.75. The molecule has 0 amide bonds. The van der Waals surface area contributed by atoms with Crippen LogP contribution in [0, 0.1) is 0 Å². The molecule has 0 aliphatic rings. The van der Waals surface area contributed by atoms with E-state index in [0.717, 1.165) is 6.29 Å². The van der Waals surface area contributed by atoms with Crippen LogP contribution in [0.5, 0.6) is 0 Å². The van der Waals surface area contributed by atoms with Gasteiger partial charge in [-0.25, -0.2) is 8.42 Å². The molecule has 0 bridgehead atoms. The Morgan fingerprint density at radius 1 is 0.227 bits per heavy atom. The third-order valence-corrected chi connectivity index (χ3v) is 1.91. The molecule has 3 nitrogen and oxygen atoms in total. The first-order valence-corrected chi connectivity index (χ1v) is 31.1. The lowest BCUT2D eigenvalue weighted by molar-refractivity contribution is -0.106. The standard InChI is InChI=1S/C4H8.C3H8O2S.C2H4O.25C2H6.6CH4.6B/c1-3-4-2;1-3-6(2,4)5;1-2-3;25*1-2;;;;;;;;;;;;/h3-4H,1-2H3;3H2,1-2H3;2H,1H3;25*1-2H3;6*1H4;;;;;;.